The summed E-state index contributed by atoms with van der Waals surface area (Å²) in [5.74, 6) is 0.158. The van der Waals surface area contributed by atoms with E-state index in [1.165, 1.54) is 0 Å². The maximum absolute atomic E-state index is 10.7. The van der Waals surface area contributed by atoms with E-state index in [1.807, 2.05) is 32.9 Å². The van der Waals surface area contributed by atoms with E-state index in [0.717, 1.165) is 22.2 Å². The zero-order valence-corrected chi connectivity index (χ0v) is 16.4. The molecule has 3 aromatic rings. The van der Waals surface area contributed by atoms with Gasteiger partial charge in [-0.2, -0.15) is 5.26 Å². The first kappa shape index (κ1) is 20.0. The van der Waals surface area contributed by atoms with Crippen molar-refractivity contribution in [1.82, 2.24) is 9.97 Å². The molecule has 3 rings (SSSR count). The number of ether oxygens (including phenoxy) is 2. The number of carboxylic acid groups (broad SMARTS) is 1. The van der Waals surface area contributed by atoms with E-state index in [9.17, 15) is 10.1 Å². The Morgan fingerprint density at radius 3 is 2.66 bits per heavy atom. The fourth-order valence-corrected chi connectivity index (χ4v) is 2.86. The van der Waals surface area contributed by atoms with Crippen LogP contribution in [0.1, 0.15) is 29.4 Å². The third-order valence-corrected chi connectivity index (χ3v) is 4.40. The molecule has 7 heteroatoms. The lowest BCUT2D eigenvalue weighted by Gasteiger charge is -2.11. The van der Waals surface area contributed by atoms with Crippen molar-refractivity contribution in [3.05, 3.63) is 52.8 Å². The van der Waals surface area contributed by atoms with Gasteiger partial charge in [-0.15, -0.1) is 0 Å². The van der Waals surface area contributed by atoms with Crippen LogP contribution in [0.25, 0.3) is 22.7 Å². The molecule has 0 atom stereocenters. The van der Waals surface area contributed by atoms with Gasteiger partial charge in [0.1, 0.15) is 11.9 Å². The monoisotopic (exact) mass is 391 g/mol. The van der Waals surface area contributed by atoms with Gasteiger partial charge in [0.2, 0.25) is 0 Å². The largest absolute Gasteiger partial charge is 0.490 e. The van der Waals surface area contributed by atoms with E-state index in [2.05, 4.69) is 16.0 Å². The number of aliphatic carboxylic acids is 1. The molecular formula is C22H21N3O4. The number of rotatable bonds is 7. The van der Waals surface area contributed by atoms with Crippen molar-refractivity contribution in [2.75, 3.05) is 13.2 Å². The minimum atomic E-state index is -1.07. The van der Waals surface area contributed by atoms with Crippen LogP contribution >= 0.6 is 0 Å². The molecule has 1 aromatic heterocycles. The molecule has 0 aliphatic heterocycles. The lowest BCUT2D eigenvalue weighted by Crippen LogP contribution is -2.10. The van der Waals surface area contributed by atoms with Gasteiger partial charge in [0.05, 0.1) is 23.2 Å². The van der Waals surface area contributed by atoms with Gasteiger partial charge in [-0.05, 0) is 67.8 Å². The average molecular weight is 391 g/mol. The molecule has 29 heavy (non-hydrogen) atoms. The second-order valence-corrected chi connectivity index (χ2v) is 6.53. The molecule has 7 nitrogen and oxygen atoms in total. The van der Waals surface area contributed by atoms with Crippen LogP contribution in [0, 0.1) is 25.2 Å². The zero-order chi connectivity index (χ0) is 21.0. The van der Waals surface area contributed by atoms with E-state index in [4.69, 9.17) is 14.6 Å². The highest BCUT2D eigenvalue weighted by molar-refractivity contribution is 5.90. The van der Waals surface area contributed by atoms with E-state index >= 15 is 0 Å². The lowest BCUT2D eigenvalue weighted by molar-refractivity contribution is -0.139. The summed E-state index contributed by atoms with van der Waals surface area (Å²) in [7, 11) is 0. The first-order valence-electron chi connectivity index (χ1n) is 9.11. The number of nitriles is 1. The van der Waals surface area contributed by atoms with Crippen molar-refractivity contribution >= 4 is 28.7 Å². The quantitative estimate of drug-likeness (QED) is 0.587. The fourth-order valence-electron chi connectivity index (χ4n) is 2.86. The van der Waals surface area contributed by atoms with Gasteiger partial charge < -0.3 is 19.6 Å². The number of nitrogens with zero attached hydrogens (tertiary/aromatic N) is 2. The summed E-state index contributed by atoms with van der Waals surface area (Å²) in [5.41, 5.74) is 5.04. The summed E-state index contributed by atoms with van der Waals surface area (Å²) < 4.78 is 10.8. The number of carboxylic acids is 1. The van der Waals surface area contributed by atoms with Crippen molar-refractivity contribution in [2.45, 2.75) is 20.8 Å². The molecule has 2 aromatic carbocycles. The van der Waals surface area contributed by atoms with Gasteiger partial charge in [0.15, 0.2) is 18.1 Å². The summed E-state index contributed by atoms with van der Waals surface area (Å²) in [5, 5.41) is 18.4. The Labute approximate surface area is 168 Å². The highest BCUT2D eigenvalue weighted by Gasteiger charge is 2.12. The predicted octanol–water partition coefficient (Wildman–Crippen LogP) is 4.11. The number of H-pyrrole nitrogens is 1. The van der Waals surface area contributed by atoms with Crippen LogP contribution in [0.4, 0.5) is 0 Å². The van der Waals surface area contributed by atoms with Crippen LogP contribution in [-0.4, -0.2) is 34.3 Å². The molecule has 2 N–H and O–H groups in total. The van der Waals surface area contributed by atoms with Gasteiger partial charge in [0.25, 0.3) is 0 Å². The molecule has 0 saturated carbocycles. The second kappa shape index (κ2) is 8.48. The Morgan fingerprint density at radius 1 is 1.21 bits per heavy atom. The summed E-state index contributed by atoms with van der Waals surface area (Å²) in [6.07, 6.45) is 1.70. The number of fused-ring (bicyclic) bond motifs is 1. The maximum atomic E-state index is 10.7. The third kappa shape index (κ3) is 4.55. The summed E-state index contributed by atoms with van der Waals surface area (Å²) in [6.45, 7) is 5.80. The fraction of sp³-hybridized carbons (Fsp3) is 0.227. The van der Waals surface area contributed by atoms with Crippen molar-refractivity contribution in [3.63, 3.8) is 0 Å². The minimum Gasteiger partial charge on any atom is -0.490 e. The van der Waals surface area contributed by atoms with Crippen LogP contribution in [0.2, 0.25) is 0 Å². The number of nitrogens with one attached hydrogen (secondary N) is 1. The molecule has 0 spiro atoms. The molecule has 0 aliphatic carbocycles. The lowest BCUT2D eigenvalue weighted by atomic mass is 10.1. The average Bonchev–Trinajstić information content (AvgIpc) is 3.08. The maximum Gasteiger partial charge on any atom is 0.341 e. The van der Waals surface area contributed by atoms with Crippen LogP contribution in [0.5, 0.6) is 11.5 Å². The molecule has 0 aliphatic rings. The number of hydrogen-bond acceptors (Lipinski definition) is 5. The second-order valence-electron chi connectivity index (χ2n) is 6.53. The van der Waals surface area contributed by atoms with E-state index < -0.39 is 12.6 Å². The summed E-state index contributed by atoms with van der Waals surface area (Å²) >= 11 is 0. The number of allylic oxidation sites excluding steroid dienone is 1. The SMILES string of the molecule is CCOc1cc(C=C(C#N)c2nc3cc(C)c(C)cc3[nH]2)ccc1OCC(=O)O. The highest BCUT2D eigenvalue weighted by Crippen LogP contribution is 2.30. The number of imidazole rings is 1. The Kier molecular flexibility index (Phi) is 5.84. The molecule has 0 radical (unpaired) electrons. The molecule has 0 unspecified atom stereocenters. The molecule has 0 saturated heterocycles. The van der Waals surface area contributed by atoms with Crippen molar-refractivity contribution in [1.29, 1.82) is 5.26 Å². The van der Waals surface area contributed by atoms with Crippen molar-refractivity contribution in [3.8, 4) is 17.6 Å². The molecule has 1 heterocycles. The van der Waals surface area contributed by atoms with Gasteiger partial charge in [-0.25, -0.2) is 9.78 Å². The standard InChI is InChI=1S/C22H21N3O4/c1-4-28-20-10-15(5-6-19(20)29-12-21(26)27)9-16(11-23)22-24-17-7-13(2)14(3)8-18(17)25-22/h5-10H,4,12H2,1-3H3,(H,24,25)(H,26,27). The topological polar surface area (TPSA) is 108 Å². The van der Waals surface area contributed by atoms with Crippen LogP contribution in [0.3, 0.4) is 0 Å². The molecule has 0 bridgehead atoms. The van der Waals surface area contributed by atoms with E-state index in [0.29, 0.717) is 35.1 Å². The molecule has 0 fully saturated rings. The van der Waals surface area contributed by atoms with E-state index in [1.54, 1.807) is 24.3 Å². The Balaban J connectivity index is 1.97. The normalized spacial score (nSPS) is 11.3. The molecule has 148 valence electrons. The first-order chi connectivity index (χ1) is 13.9. The van der Waals surface area contributed by atoms with Crippen molar-refractivity contribution in [2.24, 2.45) is 0 Å². The predicted molar refractivity (Wildman–Crippen MR) is 110 cm³/mol. The minimum absolute atomic E-state index is 0.333. The number of benzene rings is 2. The van der Waals surface area contributed by atoms with Gasteiger partial charge >= 0.3 is 5.97 Å². The van der Waals surface area contributed by atoms with E-state index in [-0.39, 0.29) is 0 Å². The van der Waals surface area contributed by atoms with Crippen LogP contribution in [0.15, 0.2) is 30.3 Å². The smallest absolute Gasteiger partial charge is 0.341 e. The number of aromatic amines is 1. The molecular weight excluding hydrogens is 370 g/mol. The Bertz CT molecular complexity index is 1100. The van der Waals surface area contributed by atoms with Gasteiger partial charge in [-0.3, -0.25) is 0 Å². The first-order valence-corrected chi connectivity index (χ1v) is 9.11. The van der Waals surface area contributed by atoms with Crippen LogP contribution in [-0.2, 0) is 4.79 Å². The van der Waals surface area contributed by atoms with Gasteiger partial charge in [-0.1, -0.05) is 6.07 Å². The number of hydrogen-bond donors (Lipinski definition) is 2. The Morgan fingerprint density at radius 2 is 1.97 bits per heavy atom. The van der Waals surface area contributed by atoms with Gasteiger partial charge in [0, 0.05) is 0 Å². The third-order valence-electron chi connectivity index (χ3n) is 4.40. The van der Waals surface area contributed by atoms with Crippen molar-refractivity contribution < 1.29 is 19.4 Å². The summed E-state index contributed by atoms with van der Waals surface area (Å²) in [6, 6.07) is 11.2. The number of carbonyl (C=O) groups is 1. The number of aromatic nitrogens is 2. The zero-order valence-electron chi connectivity index (χ0n) is 16.4. The Hall–Kier alpha value is -3.79. The van der Waals surface area contributed by atoms with Crippen LogP contribution < -0.4 is 9.47 Å². The number of aryl methyl sites for hydroxylation is 2. The summed E-state index contributed by atoms with van der Waals surface area (Å²) in [4.78, 5) is 18.5. The molecule has 0 amide bonds. The highest BCUT2D eigenvalue weighted by atomic mass is 16.5.